The molecule has 1 unspecified atom stereocenters. The summed E-state index contributed by atoms with van der Waals surface area (Å²) in [6.07, 6.45) is 4.89. The Morgan fingerprint density at radius 3 is 2.79 bits per heavy atom. The van der Waals surface area contributed by atoms with Gasteiger partial charge in [-0.3, -0.25) is 14.6 Å². The highest BCUT2D eigenvalue weighted by Crippen LogP contribution is 2.36. The molecule has 148 valence electrons. The molecule has 0 bridgehead atoms. The van der Waals surface area contributed by atoms with Gasteiger partial charge in [-0.1, -0.05) is 23.7 Å². The molecule has 28 heavy (non-hydrogen) atoms. The summed E-state index contributed by atoms with van der Waals surface area (Å²) in [5, 5.41) is 0.621. The lowest BCUT2D eigenvalue weighted by Crippen LogP contribution is -2.51. The van der Waals surface area contributed by atoms with Crippen LogP contribution in [0.25, 0.3) is 0 Å². The van der Waals surface area contributed by atoms with Gasteiger partial charge in [0.1, 0.15) is 5.69 Å². The molecule has 0 spiro atoms. The van der Waals surface area contributed by atoms with Crippen LogP contribution in [0.2, 0.25) is 5.02 Å². The lowest BCUT2D eigenvalue weighted by atomic mass is 9.75. The van der Waals surface area contributed by atoms with Crippen LogP contribution in [0, 0.1) is 12.3 Å². The summed E-state index contributed by atoms with van der Waals surface area (Å²) in [4.78, 5) is 35.9. The van der Waals surface area contributed by atoms with Gasteiger partial charge in [0, 0.05) is 24.3 Å². The molecule has 7 heteroatoms. The van der Waals surface area contributed by atoms with Crippen molar-refractivity contribution in [3.8, 4) is 0 Å². The third-order valence-corrected chi connectivity index (χ3v) is 5.24. The molecule has 1 aromatic heterocycles. The largest absolute Gasteiger partial charge is 0.466 e. The number of piperidine rings is 1. The van der Waals surface area contributed by atoms with Gasteiger partial charge in [0.05, 0.1) is 23.9 Å². The topological polar surface area (TPSA) is 72.4 Å². The van der Waals surface area contributed by atoms with Crippen LogP contribution in [0.4, 0.5) is 0 Å². The van der Waals surface area contributed by atoms with Gasteiger partial charge in [-0.05, 0) is 50.8 Å². The van der Waals surface area contributed by atoms with Crippen molar-refractivity contribution in [3.63, 3.8) is 0 Å². The van der Waals surface area contributed by atoms with Gasteiger partial charge in [-0.2, -0.15) is 0 Å². The van der Waals surface area contributed by atoms with Crippen LogP contribution in [0.1, 0.15) is 41.5 Å². The standard InChI is InChI=1S/C21H24ClN3O3/c1-3-28-20(27)21(11-16-6-4-7-17(22)10-16)8-5-9-25(14-21)19(26)18-13-23-15(2)12-24-18/h4,6-7,10,12-13H,3,5,8-9,11,14H2,1-2H3. The number of aromatic nitrogens is 2. The van der Waals surface area contributed by atoms with E-state index in [2.05, 4.69) is 9.97 Å². The molecule has 1 amide bonds. The van der Waals surface area contributed by atoms with Gasteiger partial charge in [0.25, 0.3) is 5.91 Å². The van der Waals surface area contributed by atoms with Crippen molar-refractivity contribution in [1.82, 2.24) is 14.9 Å². The summed E-state index contributed by atoms with van der Waals surface area (Å²) in [7, 11) is 0. The van der Waals surface area contributed by atoms with Gasteiger partial charge >= 0.3 is 5.97 Å². The van der Waals surface area contributed by atoms with Gasteiger partial charge in [-0.15, -0.1) is 0 Å². The SMILES string of the molecule is CCOC(=O)C1(Cc2cccc(Cl)c2)CCCN(C(=O)c2cnc(C)cn2)C1. The summed E-state index contributed by atoms with van der Waals surface area (Å²) in [6, 6.07) is 7.47. The first kappa shape index (κ1) is 20.3. The number of halogens is 1. The van der Waals surface area contributed by atoms with E-state index in [-0.39, 0.29) is 24.1 Å². The van der Waals surface area contributed by atoms with Crippen LogP contribution in [0.3, 0.4) is 0 Å². The zero-order valence-electron chi connectivity index (χ0n) is 16.2. The number of carbonyl (C=O) groups excluding carboxylic acids is 2. The summed E-state index contributed by atoms with van der Waals surface area (Å²) in [5.74, 6) is -0.491. The van der Waals surface area contributed by atoms with E-state index in [4.69, 9.17) is 16.3 Å². The minimum atomic E-state index is -0.799. The molecule has 0 saturated carbocycles. The second-order valence-electron chi connectivity index (χ2n) is 7.18. The normalized spacial score (nSPS) is 19.3. The van der Waals surface area contributed by atoms with E-state index in [1.807, 2.05) is 25.1 Å². The quantitative estimate of drug-likeness (QED) is 0.717. The number of rotatable bonds is 5. The van der Waals surface area contributed by atoms with Crippen LogP contribution in [-0.2, 0) is 16.0 Å². The smallest absolute Gasteiger partial charge is 0.314 e. The van der Waals surface area contributed by atoms with E-state index in [1.165, 1.54) is 6.20 Å². The molecule has 6 nitrogen and oxygen atoms in total. The first-order valence-electron chi connectivity index (χ1n) is 9.43. The highest BCUT2D eigenvalue weighted by molar-refractivity contribution is 6.30. The molecule has 2 heterocycles. The lowest BCUT2D eigenvalue weighted by molar-refractivity contribution is -0.158. The monoisotopic (exact) mass is 401 g/mol. The first-order valence-corrected chi connectivity index (χ1v) is 9.81. The summed E-state index contributed by atoms with van der Waals surface area (Å²) < 4.78 is 5.40. The molecule has 1 atom stereocenters. The molecular formula is C21H24ClN3O3. The number of esters is 1. The Kier molecular flexibility index (Phi) is 6.29. The van der Waals surface area contributed by atoms with Crippen LogP contribution in [0.15, 0.2) is 36.7 Å². The second kappa shape index (κ2) is 8.69. The van der Waals surface area contributed by atoms with Crippen LogP contribution >= 0.6 is 11.6 Å². The number of nitrogens with zero attached hydrogens (tertiary/aromatic N) is 3. The Labute approximate surface area is 169 Å². The summed E-state index contributed by atoms with van der Waals surface area (Å²) in [6.45, 7) is 4.77. The zero-order valence-corrected chi connectivity index (χ0v) is 16.9. The Bertz CT molecular complexity index is 856. The third kappa shape index (κ3) is 4.50. The fourth-order valence-electron chi connectivity index (χ4n) is 3.68. The second-order valence-corrected chi connectivity index (χ2v) is 7.62. The molecule has 1 aromatic carbocycles. The van der Waals surface area contributed by atoms with Crippen LogP contribution in [0.5, 0.6) is 0 Å². The number of likely N-dealkylation sites (tertiary alicyclic amines) is 1. The molecule has 1 saturated heterocycles. The maximum absolute atomic E-state index is 12.9. The van der Waals surface area contributed by atoms with Crippen molar-refractivity contribution in [3.05, 3.63) is 58.6 Å². The molecule has 0 N–H and O–H groups in total. The number of hydrogen-bond acceptors (Lipinski definition) is 5. The average Bonchev–Trinajstić information content (AvgIpc) is 2.68. The van der Waals surface area contributed by atoms with E-state index in [0.29, 0.717) is 37.4 Å². The fraction of sp³-hybridized carbons (Fsp3) is 0.429. The summed E-state index contributed by atoms with van der Waals surface area (Å²) in [5.41, 5.74) is 1.18. The molecular weight excluding hydrogens is 378 g/mol. The number of ether oxygens (including phenoxy) is 1. The number of benzene rings is 1. The molecule has 0 radical (unpaired) electrons. The van der Waals surface area contributed by atoms with E-state index >= 15 is 0 Å². The Morgan fingerprint density at radius 1 is 1.29 bits per heavy atom. The maximum Gasteiger partial charge on any atom is 0.314 e. The molecule has 1 aliphatic rings. The third-order valence-electron chi connectivity index (χ3n) is 5.00. The van der Waals surface area contributed by atoms with Crippen molar-refractivity contribution in [2.75, 3.05) is 19.7 Å². The van der Waals surface area contributed by atoms with E-state index in [1.54, 1.807) is 24.1 Å². The van der Waals surface area contributed by atoms with Crippen molar-refractivity contribution < 1.29 is 14.3 Å². The Morgan fingerprint density at radius 2 is 2.11 bits per heavy atom. The van der Waals surface area contributed by atoms with Gasteiger partial charge in [0.2, 0.25) is 0 Å². The first-order chi connectivity index (χ1) is 13.4. The van der Waals surface area contributed by atoms with E-state index < -0.39 is 5.41 Å². The molecule has 1 fully saturated rings. The van der Waals surface area contributed by atoms with Crippen LogP contribution in [-0.4, -0.2) is 46.4 Å². The molecule has 0 aliphatic carbocycles. The highest BCUT2D eigenvalue weighted by atomic mass is 35.5. The Hall–Kier alpha value is -2.47. The Balaban J connectivity index is 1.87. The van der Waals surface area contributed by atoms with E-state index in [9.17, 15) is 9.59 Å². The highest BCUT2D eigenvalue weighted by Gasteiger charge is 2.45. The van der Waals surface area contributed by atoms with Crippen molar-refractivity contribution in [2.24, 2.45) is 5.41 Å². The van der Waals surface area contributed by atoms with Gasteiger partial charge in [0.15, 0.2) is 0 Å². The molecule has 1 aliphatic heterocycles. The lowest BCUT2D eigenvalue weighted by Gasteiger charge is -2.41. The fourth-order valence-corrected chi connectivity index (χ4v) is 3.89. The van der Waals surface area contributed by atoms with Crippen molar-refractivity contribution in [2.45, 2.75) is 33.1 Å². The maximum atomic E-state index is 12.9. The van der Waals surface area contributed by atoms with Gasteiger partial charge in [-0.25, -0.2) is 4.98 Å². The zero-order chi connectivity index (χ0) is 20.1. The number of carbonyl (C=O) groups is 2. The summed E-state index contributed by atoms with van der Waals surface area (Å²) >= 11 is 6.12. The molecule has 3 rings (SSSR count). The minimum Gasteiger partial charge on any atom is -0.466 e. The number of hydrogen-bond donors (Lipinski definition) is 0. The molecule has 2 aromatic rings. The minimum absolute atomic E-state index is 0.216. The van der Waals surface area contributed by atoms with Crippen molar-refractivity contribution >= 4 is 23.5 Å². The number of amides is 1. The predicted octanol–water partition coefficient (Wildman–Crippen LogP) is 3.47. The predicted molar refractivity (Wildman–Crippen MR) is 106 cm³/mol. The average molecular weight is 402 g/mol. The van der Waals surface area contributed by atoms with Gasteiger partial charge < -0.3 is 9.64 Å². The number of aryl methyl sites for hydroxylation is 1. The van der Waals surface area contributed by atoms with E-state index in [0.717, 1.165) is 11.3 Å². The van der Waals surface area contributed by atoms with Crippen LogP contribution < -0.4 is 0 Å². The van der Waals surface area contributed by atoms with Crippen molar-refractivity contribution in [1.29, 1.82) is 0 Å².